The molecular formula is C22H23NO4S2. The lowest BCUT2D eigenvalue weighted by molar-refractivity contribution is -0.139. The fraction of sp³-hybridized carbons (Fsp3) is 0.364. The Morgan fingerprint density at radius 1 is 0.966 bits per heavy atom. The molecule has 7 heteroatoms. The third kappa shape index (κ3) is 3.40. The van der Waals surface area contributed by atoms with E-state index in [0.717, 1.165) is 9.20 Å². The second-order valence-corrected chi connectivity index (χ2v) is 11.0. The molecule has 1 saturated heterocycles. The summed E-state index contributed by atoms with van der Waals surface area (Å²) >= 11 is 1.42. The lowest BCUT2D eigenvalue weighted by Gasteiger charge is -2.51. The summed E-state index contributed by atoms with van der Waals surface area (Å²) in [7, 11) is -3.94. The van der Waals surface area contributed by atoms with Crippen molar-refractivity contribution in [1.82, 2.24) is 4.31 Å². The largest absolute Gasteiger partial charge is 0.300 e. The van der Waals surface area contributed by atoms with Crippen LogP contribution in [0.15, 0.2) is 70.5 Å². The number of carbonyl (C=O) groups is 2. The van der Waals surface area contributed by atoms with Gasteiger partial charge in [-0.05, 0) is 42.5 Å². The summed E-state index contributed by atoms with van der Waals surface area (Å²) in [6.45, 7) is 2.01. The molecule has 2 fully saturated rings. The van der Waals surface area contributed by atoms with Crippen LogP contribution in [0.4, 0.5) is 0 Å². The zero-order chi connectivity index (χ0) is 20.6. The van der Waals surface area contributed by atoms with Gasteiger partial charge < -0.3 is 0 Å². The number of ketones is 1. The number of nitrogens with zero attached hydrogens (tertiary/aromatic N) is 1. The third-order valence-corrected chi connectivity index (χ3v) is 9.50. The van der Waals surface area contributed by atoms with Crippen LogP contribution >= 0.6 is 11.8 Å². The van der Waals surface area contributed by atoms with Gasteiger partial charge in [0.05, 0.1) is 4.90 Å². The number of Topliss-reactive ketones (excluding diaryl/α,β-unsaturated/α-hetero) is 1. The van der Waals surface area contributed by atoms with E-state index in [-0.39, 0.29) is 29.1 Å². The zero-order valence-electron chi connectivity index (χ0n) is 16.2. The van der Waals surface area contributed by atoms with Gasteiger partial charge in [0, 0.05) is 24.3 Å². The van der Waals surface area contributed by atoms with Crippen molar-refractivity contribution in [2.24, 2.45) is 11.8 Å². The Hall–Kier alpha value is -2.12. The number of hydrogen-bond acceptors (Lipinski definition) is 5. The average molecular weight is 430 g/mol. The molecule has 1 amide bonds. The van der Waals surface area contributed by atoms with Crippen molar-refractivity contribution in [3.8, 4) is 0 Å². The Balaban J connectivity index is 1.78. The zero-order valence-corrected chi connectivity index (χ0v) is 17.8. The third-order valence-electron chi connectivity index (χ3n) is 5.95. The molecule has 4 rings (SSSR count). The van der Waals surface area contributed by atoms with Crippen LogP contribution in [-0.2, 0) is 19.6 Å². The van der Waals surface area contributed by atoms with Gasteiger partial charge in [0.15, 0.2) is 0 Å². The van der Waals surface area contributed by atoms with Gasteiger partial charge in [-0.2, -0.15) is 0 Å². The molecule has 0 spiro atoms. The minimum Gasteiger partial charge on any atom is -0.300 e. The summed E-state index contributed by atoms with van der Waals surface area (Å²) in [5.41, 5.74) is 0. The van der Waals surface area contributed by atoms with Crippen LogP contribution in [0.3, 0.4) is 0 Å². The van der Waals surface area contributed by atoms with Gasteiger partial charge in [-0.1, -0.05) is 43.3 Å². The van der Waals surface area contributed by atoms with Gasteiger partial charge in [-0.15, -0.1) is 11.8 Å². The minimum absolute atomic E-state index is 0.109. The number of benzene rings is 2. The van der Waals surface area contributed by atoms with Gasteiger partial charge in [-0.25, -0.2) is 12.7 Å². The van der Waals surface area contributed by atoms with Crippen LogP contribution in [0.5, 0.6) is 0 Å². The number of sulfonamides is 1. The number of amides is 1. The number of carbonyl (C=O) groups excluding carboxylic acids is 2. The van der Waals surface area contributed by atoms with E-state index in [4.69, 9.17) is 0 Å². The molecule has 2 aromatic carbocycles. The van der Waals surface area contributed by atoms with Crippen LogP contribution in [0.25, 0.3) is 0 Å². The van der Waals surface area contributed by atoms with Crippen molar-refractivity contribution in [1.29, 1.82) is 0 Å². The maximum Gasteiger partial charge on any atom is 0.266 e. The molecule has 1 aliphatic carbocycles. The Labute approximate surface area is 175 Å². The van der Waals surface area contributed by atoms with Crippen LogP contribution in [0.1, 0.15) is 26.2 Å². The highest BCUT2D eigenvalue weighted by Gasteiger charge is 2.59. The molecule has 0 unspecified atom stereocenters. The van der Waals surface area contributed by atoms with Gasteiger partial charge >= 0.3 is 0 Å². The molecule has 1 aliphatic heterocycles. The maximum atomic E-state index is 13.8. The van der Waals surface area contributed by atoms with Crippen molar-refractivity contribution in [2.45, 2.75) is 40.7 Å². The minimum atomic E-state index is -3.94. The molecule has 29 heavy (non-hydrogen) atoms. The summed E-state index contributed by atoms with van der Waals surface area (Å²) in [6, 6.07) is 17.6. The summed E-state index contributed by atoms with van der Waals surface area (Å²) < 4.78 is 26.6. The monoisotopic (exact) mass is 429 g/mol. The molecule has 0 aromatic heterocycles. The second-order valence-electron chi connectivity index (χ2n) is 7.74. The lowest BCUT2D eigenvalue weighted by atomic mass is 9.68. The standard InChI is InChI=1S/C22H23NO4S2/c1-16-14-18(24)15-17-12-13-23(29(26,27)20-10-6-3-7-11-20)21(25)22(16,17)28-19-8-4-2-5-9-19/h2-11,16-17H,12-15H2,1H3/t16-,17-,22-/m0/s1. The van der Waals surface area contributed by atoms with Gasteiger partial charge in [0.2, 0.25) is 0 Å². The fourth-order valence-corrected chi connectivity index (χ4v) is 7.60. The molecule has 1 saturated carbocycles. The Morgan fingerprint density at radius 3 is 2.24 bits per heavy atom. The Bertz CT molecular complexity index is 1020. The van der Waals surface area contributed by atoms with Crippen LogP contribution in [0, 0.1) is 11.8 Å². The summed E-state index contributed by atoms with van der Waals surface area (Å²) in [5, 5.41) is 0. The second kappa shape index (κ2) is 7.61. The van der Waals surface area contributed by atoms with E-state index in [1.54, 1.807) is 18.2 Å². The first kappa shape index (κ1) is 20.2. The molecule has 0 N–H and O–H groups in total. The van der Waals surface area contributed by atoms with E-state index in [1.165, 1.54) is 23.9 Å². The molecule has 152 valence electrons. The molecule has 3 atom stereocenters. The number of hydrogen-bond donors (Lipinski definition) is 0. The topological polar surface area (TPSA) is 71.5 Å². The van der Waals surface area contributed by atoms with Gasteiger partial charge in [-0.3, -0.25) is 9.59 Å². The van der Waals surface area contributed by atoms with E-state index in [1.807, 2.05) is 37.3 Å². The maximum absolute atomic E-state index is 13.8. The van der Waals surface area contributed by atoms with E-state index < -0.39 is 20.7 Å². The van der Waals surface area contributed by atoms with Crippen LogP contribution < -0.4 is 0 Å². The first-order valence-electron chi connectivity index (χ1n) is 9.73. The first-order chi connectivity index (χ1) is 13.9. The van der Waals surface area contributed by atoms with Crippen LogP contribution in [0.2, 0.25) is 0 Å². The smallest absolute Gasteiger partial charge is 0.266 e. The normalized spacial score (nSPS) is 27.6. The average Bonchev–Trinajstić information content (AvgIpc) is 2.71. The van der Waals surface area contributed by atoms with Gasteiger partial charge in [0.1, 0.15) is 10.5 Å². The highest BCUT2D eigenvalue weighted by molar-refractivity contribution is 8.01. The Morgan fingerprint density at radius 2 is 1.59 bits per heavy atom. The molecule has 0 bridgehead atoms. The van der Waals surface area contributed by atoms with Crippen molar-refractivity contribution in [3.63, 3.8) is 0 Å². The van der Waals surface area contributed by atoms with Crippen LogP contribution in [-0.4, -0.2) is 35.7 Å². The van der Waals surface area contributed by atoms with E-state index in [9.17, 15) is 18.0 Å². The number of rotatable bonds is 4. The highest BCUT2D eigenvalue weighted by Crippen LogP contribution is 2.54. The lowest BCUT2D eigenvalue weighted by Crippen LogP contribution is -2.63. The van der Waals surface area contributed by atoms with E-state index in [0.29, 0.717) is 19.3 Å². The highest BCUT2D eigenvalue weighted by atomic mass is 32.2. The molecular weight excluding hydrogens is 406 g/mol. The summed E-state index contributed by atoms with van der Waals surface area (Å²) in [6.07, 6.45) is 1.12. The first-order valence-corrected chi connectivity index (χ1v) is 12.0. The molecule has 2 aliphatic rings. The Kier molecular flexibility index (Phi) is 5.29. The predicted octanol–water partition coefficient (Wildman–Crippen LogP) is 3.75. The quantitative estimate of drug-likeness (QED) is 0.740. The van der Waals surface area contributed by atoms with Crippen molar-refractivity contribution >= 4 is 33.5 Å². The molecule has 2 aromatic rings. The van der Waals surface area contributed by atoms with Crippen molar-refractivity contribution in [2.75, 3.05) is 6.54 Å². The summed E-state index contributed by atoms with van der Waals surface area (Å²) in [4.78, 5) is 27.1. The van der Waals surface area contributed by atoms with E-state index in [2.05, 4.69) is 0 Å². The number of fused-ring (bicyclic) bond motifs is 1. The van der Waals surface area contributed by atoms with Gasteiger partial charge in [0.25, 0.3) is 15.9 Å². The molecule has 0 radical (unpaired) electrons. The molecule has 5 nitrogen and oxygen atoms in total. The summed E-state index contributed by atoms with van der Waals surface area (Å²) in [5.74, 6) is -0.663. The van der Waals surface area contributed by atoms with Crippen molar-refractivity contribution in [3.05, 3.63) is 60.7 Å². The predicted molar refractivity (Wildman–Crippen MR) is 112 cm³/mol. The van der Waals surface area contributed by atoms with Crippen molar-refractivity contribution < 1.29 is 18.0 Å². The SMILES string of the molecule is C[C@H]1CC(=O)C[C@@H]2CCN(S(=O)(=O)c3ccccc3)C(=O)[C@@]21Sc1ccccc1. The number of thioether (sulfide) groups is 1. The fourth-order valence-electron chi connectivity index (χ4n) is 4.54. The van der Waals surface area contributed by atoms with E-state index >= 15 is 0 Å². The number of piperidine rings is 1. The molecule has 1 heterocycles.